The van der Waals surface area contributed by atoms with Gasteiger partial charge in [0.2, 0.25) is 0 Å². The van der Waals surface area contributed by atoms with Crippen LogP contribution in [0, 0.1) is 0 Å². The van der Waals surface area contributed by atoms with E-state index in [1.54, 1.807) is 22.9 Å². The van der Waals surface area contributed by atoms with E-state index >= 15 is 0 Å². The Morgan fingerprint density at radius 3 is 2.72 bits per heavy atom. The zero-order chi connectivity index (χ0) is 17.9. The summed E-state index contributed by atoms with van der Waals surface area (Å²) in [5, 5.41) is 2.55. The number of hydrogen-bond donors (Lipinski definition) is 1. The second kappa shape index (κ2) is 7.43. The maximum atomic E-state index is 13.0. The number of hydrogen-bond acceptors (Lipinski definition) is 3. The molecule has 0 aliphatic carbocycles. The first-order valence-corrected chi connectivity index (χ1v) is 8.87. The lowest BCUT2D eigenvalue weighted by molar-refractivity contribution is -0.136. The smallest absolute Gasteiger partial charge is 0.418 e. The number of anilines is 1. The number of para-hydroxylation sites is 1. The lowest BCUT2D eigenvalue weighted by Gasteiger charge is -2.22. The van der Waals surface area contributed by atoms with E-state index in [1.165, 1.54) is 18.2 Å². The van der Waals surface area contributed by atoms with Crippen molar-refractivity contribution in [2.75, 3.05) is 24.2 Å². The van der Waals surface area contributed by atoms with Crippen LogP contribution in [0.4, 0.5) is 23.7 Å². The van der Waals surface area contributed by atoms with Gasteiger partial charge in [-0.2, -0.15) is 13.2 Å². The van der Waals surface area contributed by atoms with Crippen molar-refractivity contribution in [1.82, 2.24) is 4.90 Å². The van der Waals surface area contributed by atoms with Gasteiger partial charge in [-0.1, -0.05) is 12.1 Å². The number of benzene rings is 1. The highest BCUT2D eigenvalue weighted by atomic mass is 32.2. The number of carbonyl (C=O) groups excluding carboxylic acids is 1. The van der Waals surface area contributed by atoms with Crippen LogP contribution in [0.5, 0.6) is 0 Å². The summed E-state index contributed by atoms with van der Waals surface area (Å²) in [6.07, 6.45) is -2.21. The monoisotopic (exact) mass is 370 g/mol. The van der Waals surface area contributed by atoms with Gasteiger partial charge in [-0.25, -0.2) is 4.79 Å². The molecule has 0 radical (unpaired) electrons. The number of rotatable bonds is 2. The van der Waals surface area contributed by atoms with Gasteiger partial charge >= 0.3 is 12.2 Å². The molecule has 1 atom stereocenters. The highest BCUT2D eigenvalue weighted by Crippen LogP contribution is 2.36. The molecule has 8 heteroatoms. The van der Waals surface area contributed by atoms with Gasteiger partial charge in [0.25, 0.3) is 0 Å². The second-order valence-electron chi connectivity index (χ2n) is 5.62. The van der Waals surface area contributed by atoms with Crippen LogP contribution in [0.2, 0.25) is 0 Å². The molecule has 2 heterocycles. The summed E-state index contributed by atoms with van der Waals surface area (Å²) in [5.41, 5.74) is -1.07. The third-order valence-electron chi connectivity index (χ3n) is 3.96. The summed E-state index contributed by atoms with van der Waals surface area (Å²) in [6.45, 7) is 0.931. The largest absolute Gasteiger partial charge is 0.468 e. The van der Waals surface area contributed by atoms with Crippen molar-refractivity contribution < 1.29 is 22.4 Å². The molecule has 1 aromatic carbocycles. The molecule has 4 nitrogen and oxygen atoms in total. The molecule has 2 amide bonds. The van der Waals surface area contributed by atoms with Crippen LogP contribution in [-0.2, 0) is 6.18 Å². The molecule has 2 aromatic rings. The topological polar surface area (TPSA) is 45.5 Å². The predicted octanol–water partition coefficient (Wildman–Crippen LogP) is 5.01. The Morgan fingerprint density at radius 1 is 1.20 bits per heavy atom. The van der Waals surface area contributed by atoms with Crippen LogP contribution >= 0.6 is 11.8 Å². The molecule has 1 aliphatic heterocycles. The van der Waals surface area contributed by atoms with Crippen molar-refractivity contribution in [2.45, 2.75) is 17.8 Å². The lowest BCUT2D eigenvalue weighted by Crippen LogP contribution is -2.37. The molecular formula is C17H17F3N2O2S. The normalized spacial score (nSPS) is 18.7. The first-order valence-electron chi connectivity index (χ1n) is 7.82. The molecule has 3 rings (SSSR count). The number of halogens is 3. The molecule has 0 bridgehead atoms. The number of alkyl halides is 3. The molecule has 1 fully saturated rings. The van der Waals surface area contributed by atoms with E-state index in [4.69, 9.17) is 4.42 Å². The molecule has 1 N–H and O–H groups in total. The lowest BCUT2D eigenvalue weighted by atomic mass is 10.1. The first kappa shape index (κ1) is 17.7. The Hall–Kier alpha value is -2.09. The molecule has 1 saturated heterocycles. The van der Waals surface area contributed by atoms with Crippen molar-refractivity contribution in [3.8, 4) is 0 Å². The van der Waals surface area contributed by atoms with Gasteiger partial charge in [-0.3, -0.25) is 0 Å². The summed E-state index contributed by atoms with van der Waals surface area (Å²) < 4.78 is 44.5. The maximum Gasteiger partial charge on any atom is 0.418 e. The molecule has 1 aromatic heterocycles. The predicted molar refractivity (Wildman–Crippen MR) is 90.6 cm³/mol. The number of thioether (sulfide) groups is 1. The Kier molecular flexibility index (Phi) is 5.27. The van der Waals surface area contributed by atoms with Crippen molar-refractivity contribution >= 4 is 23.5 Å². The summed E-state index contributed by atoms with van der Waals surface area (Å²) in [6, 6.07) is 8.19. The van der Waals surface area contributed by atoms with E-state index in [-0.39, 0.29) is 10.9 Å². The highest BCUT2D eigenvalue weighted by Gasteiger charge is 2.34. The molecular weight excluding hydrogens is 353 g/mol. The van der Waals surface area contributed by atoms with Crippen LogP contribution < -0.4 is 5.32 Å². The van der Waals surface area contributed by atoms with Gasteiger partial charge in [0.15, 0.2) is 0 Å². The minimum absolute atomic E-state index is 0.148. The first-order chi connectivity index (χ1) is 11.9. The van der Waals surface area contributed by atoms with E-state index in [2.05, 4.69) is 5.32 Å². The van der Waals surface area contributed by atoms with Gasteiger partial charge in [0.05, 0.1) is 22.8 Å². The second-order valence-corrected chi connectivity index (χ2v) is 6.93. The van der Waals surface area contributed by atoms with E-state index < -0.39 is 17.8 Å². The molecule has 0 saturated carbocycles. The van der Waals surface area contributed by atoms with Gasteiger partial charge < -0.3 is 14.6 Å². The Labute approximate surface area is 147 Å². The molecule has 1 aliphatic rings. The van der Waals surface area contributed by atoms with E-state index in [9.17, 15) is 18.0 Å². The highest BCUT2D eigenvalue weighted by molar-refractivity contribution is 7.99. The van der Waals surface area contributed by atoms with E-state index in [0.717, 1.165) is 11.8 Å². The van der Waals surface area contributed by atoms with Crippen molar-refractivity contribution in [3.05, 3.63) is 54.0 Å². The fourth-order valence-corrected chi connectivity index (χ4v) is 3.89. The number of nitrogens with zero attached hydrogens (tertiary/aromatic N) is 1. The van der Waals surface area contributed by atoms with Gasteiger partial charge in [-0.05, 0) is 30.7 Å². The van der Waals surface area contributed by atoms with Crippen LogP contribution in [0.25, 0.3) is 0 Å². The van der Waals surface area contributed by atoms with Crippen LogP contribution in [0.1, 0.15) is 23.0 Å². The Bertz CT molecular complexity index is 719. The Morgan fingerprint density at radius 2 is 2.00 bits per heavy atom. The zero-order valence-corrected chi connectivity index (χ0v) is 14.1. The van der Waals surface area contributed by atoms with E-state index in [0.29, 0.717) is 25.3 Å². The molecule has 134 valence electrons. The molecule has 25 heavy (non-hydrogen) atoms. The average molecular weight is 370 g/mol. The molecule has 1 unspecified atom stereocenters. The fraction of sp³-hybridized carbons (Fsp3) is 0.353. The van der Waals surface area contributed by atoms with Crippen LogP contribution in [0.3, 0.4) is 0 Å². The molecule has 0 spiro atoms. The number of nitrogens with one attached hydrogen (secondary N) is 1. The van der Waals surface area contributed by atoms with E-state index in [1.807, 2.05) is 12.1 Å². The maximum absolute atomic E-state index is 13.0. The SMILES string of the molecule is O=C(Nc1ccccc1C(F)(F)F)N1CCSC(c2ccco2)CC1. The average Bonchev–Trinajstić information content (AvgIpc) is 2.99. The summed E-state index contributed by atoms with van der Waals surface area (Å²) in [5.74, 6) is 1.55. The summed E-state index contributed by atoms with van der Waals surface area (Å²) in [7, 11) is 0. The van der Waals surface area contributed by atoms with Crippen LogP contribution in [-0.4, -0.2) is 29.8 Å². The minimum atomic E-state index is -4.51. The van der Waals surface area contributed by atoms with Gasteiger partial charge in [-0.15, -0.1) is 11.8 Å². The third kappa shape index (κ3) is 4.31. The number of amides is 2. The number of carbonyl (C=O) groups is 1. The summed E-state index contributed by atoms with van der Waals surface area (Å²) >= 11 is 1.68. The third-order valence-corrected chi connectivity index (χ3v) is 5.25. The van der Waals surface area contributed by atoms with Gasteiger partial charge in [0.1, 0.15) is 5.76 Å². The van der Waals surface area contributed by atoms with Crippen LogP contribution in [0.15, 0.2) is 47.1 Å². The van der Waals surface area contributed by atoms with Crippen molar-refractivity contribution in [2.24, 2.45) is 0 Å². The Balaban J connectivity index is 1.66. The fourth-order valence-electron chi connectivity index (χ4n) is 2.71. The number of furan rings is 1. The van der Waals surface area contributed by atoms with Crippen molar-refractivity contribution in [1.29, 1.82) is 0 Å². The minimum Gasteiger partial charge on any atom is -0.468 e. The standard InChI is InChI=1S/C17H17F3N2O2S/c18-17(19,20)12-4-1-2-5-13(12)21-16(23)22-8-7-15(25-11-9-22)14-6-3-10-24-14/h1-6,10,15H,7-9,11H2,(H,21,23). The van der Waals surface area contributed by atoms with Gasteiger partial charge in [0, 0.05) is 18.8 Å². The summed E-state index contributed by atoms with van der Waals surface area (Å²) in [4.78, 5) is 14.0. The van der Waals surface area contributed by atoms with Crippen molar-refractivity contribution in [3.63, 3.8) is 0 Å². The quantitative estimate of drug-likeness (QED) is 0.808. The number of urea groups is 1. The zero-order valence-electron chi connectivity index (χ0n) is 13.3.